The molecule has 0 saturated heterocycles. The van der Waals surface area contributed by atoms with Gasteiger partial charge in [-0.1, -0.05) is 170 Å². The van der Waals surface area contributed by atoms with Gasteiger partial charge in [-0.05, 0) is 67.4 Å². The van der Waals surface area contributed by atoms with E-state index in [1.807, 2.05) is 0 Å². The fourth-order valence-corrected chi connectivity index (χ4v) is 8.04. The van der Waals surface area contributed by atoms with E-state index in [1.54, 1.807) is 0 Å². The Labute approximate surface area is 317 Å². The van der Waals surface area contributed by atoms with Crippen LogP contribution in [0.1, 0.15) is 0 Å². The highest BCUT2D eigenvalue weighted by Gasteiger charge is 2.18. The summed E-state index contributed by atoms with van der Waals surface area (Å²) in [7, 11) is 0. The number of furan rings is 1. The van der Waals surface area contributed by atoms with E-state index in [4.69, 9.17) is 19.4 Å². The molecule has 256 valence electrons. The lowest BCUT2D eigenvalue weighted by atomic mass is 9.95. The van der Waals surface area contributed by atoms with Crippen LogP contribution in [0, 0.1) is 0 Å². The van der Waals surface area contributed by atoms with Crippen molar-refractivity contribution in [1.82, 2.24) is 15.0 Å². The fourth-order valence-electron chi connectivity index (χ4n) is 8.04. The molecule has 0 spiro atoms. The smallest absolute Gasteiger partial charge is 0.164 e. The predicted octanol–water partition coefficient (Wildman–Crippen LogP) is 13.6. The normalized spacial score (nSPS) is 11.6. The molecule has 55 heavy (non-hydrogen) atoms. The van der Waals surface area contributed by atoms with Crippen molar-refractivity contribution in [2.75, 3.05) is 0 Å². The molecule has 2 aromatic heterocycles. The Kier molecular flexibility index (Phi) is 7.14. The van der Waals surface area contributed by atoms with Crippen molar-refractivity contribution in [3.8, 4) is 56.4 Å². The van der Waals surface area contributed by atoms with Crippen LogP contribution in [0.3, 0.4) is 0 Å². The Bertz CT molecular complexity index is 3250. The molecule has 4 nitrogen and oxygen atoms in total. The average molecular weight is 702 g/mol. The van der Waals surface area contributed by atoms with Crippen molar-refractivity contribution >= 4 is 54.3 Å². The van der Waals surface area contributed by atoms with E-state index < -0.39 is 0 Å². The van der Waals surface area contributed by atoms with Gasteiger partial charge in [0.05, 0.1) is 0 Å². The maximum Gasteiger partial charge on any atom is 0.164 e. The summed E-state index contributed by atoms with van der Waals surface area (Å²) in [5.74, 6) is 1.82. The van der Waals surface area contributed by atoms with E-state index in [9.17, 15) is 0 Å². The highest BCUT2D eigenvalue weighted by molar-refractivity contribution is 6.19. The van der Waals surface area contributed by atoms with E-state index in [0.717, 1.165) is 65.7 Å². The SMILES string of the molecule is c1ccc(-c2cc3c4ccc(-c5nc(-c6ccc(-c7cccc8ccccc78)cc6)nc(-c6cccc7ccccc67)n5)cc4oc3c3ccccc23)cc1. The lowest BCUT2D eigenvalue weighted by Crippen LogP contribution is -2.00. The Morgan fingerprint density at radius 3 is 1.56 bits per heavy atom. The summed E-state index contributed by atoms with van der Waals surface area (Å²) in [6, 6.07) is 65.7. The van der Waals surface area contributed by atoms with Gasteiger partial charge in [-0.25, -0.2) is 15.0 Å². The van der Waals surface area contributed by atoms with Crippen molar-refractivity contribution in [2.24, 2.45) is 0 Å². The predicted molar refractivity (Wildman–Crippen MR) is 227 cm³/mol. The number of benzene rings is 9. The number of nitrogens with zero attached hydrogens (tertiary/aromatic N) is 3. The standard InChI is InChI=1S/C51H31N3O/c1-2-12-34(13-3-1)45-31-46-42-29-28-37(30-47(42)55-48(46)43-21-9-8-20-41(43)45)50-52-49(53-51(54-50)44-23-11-17-33-15-5-7-19-40(33)44)36-26-24-35(25-27-36)39-22-10-16-32-14-4-6-18-38(32)39/h1-31H. The fraction of sp³-hybridized carbons (Fsp3) is 0. The first-order valence-electron chi connectivity index (χ1n) is 18.5. The monoisotopic (exact) mass is 701 g/mol. The molecule has 0 aliphatic rings. The summed E-state index contributed by atoms with van der Waals surface area (Å²) < 4.78 is 6.72. The third kappa shape index (κ3) is 5.26. The molecule has 0 bridgehead atoms. The van der Waals surface area contributed by atoms with Crippen LogP contribution >= 0.6 is 0 Å². The minimum atomic E-state index is 0.586. The molecule has 0 aliphatic carbocycles. The van der Waals surface area contributed by atoms with Crippen LogP contribution in [-0.4, -0.2) is 15.0 Å². The molecule has 0 unspecified atom stereocenters. The van der Waals surface area contributed by atoms with Crippen LogP contribution in [0.2, 0.25) is 0 Å². The third-order valence-corrected chi connectivity index (χ3v) is 10.7. The lowest BCUT2D eigenvalue weighted by molar-refractivity contribution is 0.673. The molecule has 4 heteroatoms. The van der Waals surface area contributed by atoms with Crippen molar-refractivity contribution in [3.05, 3.63) is 188 Å². The van der Waals surface area contributed by atoms with Gasteiger partial charge in [0.15, 0.2) is 17.5 Å². The van der Waals surface area contributed by atoms with Gasteiger partial charge >= 0.3 is 0 Å². The van der Waals surface area contributed by atoms with Crippen LogP contribution in [0.5, 0.6) is 0 Å². The van der Waals surface area contributed by atoms with Gasteiger partial charge in [0.2, 0.25) is 0 Å². The Morgan fingerprint density at radius 2 is 0.818 bits per heavy atom. The molecule has 0 amide bonds. The van der Waals surface area contributed by atoms with Gasteiger partial charge in [-0.3, -0.25) is 0 Å². The first kappa shape index (κ1) is 31.1. The largest absolute Gasteiger partial charge is 0.455 e. The quantitative estimate of drug-likeness (QED) is 0.179. The maximum absolute atomic E-state index is 6.72. The summed E-state index contributed by atoms with van der Waals surface area (Å²) in [6.07, 6.45) is 0. The Morgan fingerprint density at radius 1 is 0.291 bits per heavy atom. The third-order valence-electron chi connectivity index (χ3n) is 10.7. The summed E-state index contributed by atoms with van der Waals surface area (Å²) in [5.41, 5.74) is 9.09. The zero-order valence-corrected chi connectivity index (χ0v) is 29.6. The van der Waals surface area contributed by atoms with Gasteiger partial charge in [0.1, 0.15) is 11.2 Å². The highest BCUT2D eigenvalue weighted by Crippen LogP contribution is 2.41. The van der Waals surface area contributed by atoms with E-state index in [2.05, 4.69) is 188 Å². The molecule has 11 aromatic rings. The number of aromatic nitrogens is 3. The van der Waals surface area contributed by atoms with Crippen molar-refractivity contribution in [2.45, 2.75) is 0 Å². The van der Waals surface area contributed by atoms with Crippen molar-refractivity contribution < 1.29 is 4.42 Å². The lowest BCUT2D eigenvalue weighted by Gasteiger charge is -2.11. The molecule has 0 aliphatic heterocycles. The number of fused-ring (bicyclic) bond motifs is 7. The molecule has 0 N–H and O–H groups in total. The molecular formula is C51H31N3O. The topological polar surface area (TPSA) is 51.8 Å². The summed E-state index contributed by atoms with van der Waals surface area (Å²) in [6.45, 7) is 0. The minimum Gasteiger partial charge on any atom is -0.455 e. The van der Waals surface area contributed by atoms with Crippen LogP contribution in [0.15, 0.2) is 192 Å². The van der Waals surface area contributed by atoms with E-state index in [-0.39, 0.29) is 0 Å². The van der Waals surface area contributed by atoms with Gasteiger partial charge in [-0.15, -0.1) is 0 Å². The number of hydrogen-bond acceptors (Lipinski definition) is 4. The minimum absolute atomic E-state index is 0.586. The van der Waals surface area contributed by atoms with Gasteiger partial charge in [-0.2, -0.15) is 0 Å². The summed E-state index contributed by atoms with van der Waals surface area (Å²) in [5, 5.41) is 9.05. The van der Waals surface area contributed by atoms with E-state index in [0.29, 0.717) is 17.5 Å². The average Bonchev–Trinajstić information content (AvgIpc) is 3.64. The maximum atomic E-state index is 6.72. The second kappa shape index (κ2) is 12.6. The van der Waals surface area contributed by atoms with Gasteiger partial charge < -0.3 is 4.42 Å². The van der Waals surface area contributed by atoms with Gasteiger partial charge in [0, 0.05) is 32.8 Å². The molecule has 0 atom stereocenters. The second-order valence-electron chi connectivity index (χ2n) is 14.0. The first-order valence-corrected chi connectivity index (χ1v) is 18.5. The van der Waals surface area contributed by atoms with E-state index in [1.165, 1.54) is 27.5 Å². The molecule has 0 fully saturated rings. The first-order chi connectivity index (χ1) is 27.2. The van der Waals surface area contributed by atoms with Crippen molar-refractivity contribution in [1.29, 1.82) is 0 Å². The van der Waals surface area contributed by atoms with Crippen LogP contribution in [0.4, 0.5) is 0 Å². The zero-order valence-electron chi connectivity index (χ0n) is 29.6. The number of rotatable bonds is 5. The molecule has 11 rings (SSSR count). The van der Waals surface area contributed by atoms with Crippen molar-refractivity contribution in [3.63, 3.8) is 0 Å². The van der Waals surface area contributed by atoms with E-state index >= 15 is 0 Å². The molecule has 0 saturated carbocycles. The van der Waals surface area contributed by atoms with Crippen LogP contribution in [-0.2, 0) is 0 Å². The molecule has 2 heterocycles. The second-order valence-corrected chi connectivity index (χ2v) is 14.0. The molecular weight excluding hydrogens is 671 g/mol. The summed E-state index contributed by atoms with van der Waals surface area (Å²) >= 11 is 0. The van der Waals surface area contributed by atoms with Crippen LogP contribution in [0.25, 0.3) is 111 Å². The molecule has 9 aromatic carbocycles. The highest BCUT2D eigenvalue weighted by atomic mass is 16.3. The Hall–Kier alpha value is -7.43. The van der Waals surface area contributed by atoms with Crippen LogP contribution < -0.4 is 0 Å². The Balaban J connectivity index is 1.08. The number of hydrogen-bond donors (Lipinski definition) is 0. The summed E-state index contributed by atoms with van der Waals surface area (Å²) in [4.78, 5) is 15.4. The zero-order chi connectivity index (χ0) is 36.3. The molecule has 0 radical (unpaired) electrons. The van der Waals surface area contributed by atoms with Gasteiger partial charge in [0.25, 0.3) is 0 Å².